The van der Waals surface area contributed by atoms with Crippen LogP contribution in [0, 0.1) is 5.92 Å². The fourth-order valence-electron chi connectivity index (χ4n) is 1.99. The maximum Gasteiger partial charge on any atom is 0.309 e. The number of carbonyl (C=O) groups is 2. The van der Waals surface area contributed by atoms with Gasteiger partial charge in [0, 0.05) is 13.0 Å². The van der Waals surface area contributed by atoms with Crippen molar-refractivity contribution < 1.29 is 19.4 Å². The van der Waals surface area contributed by atoms with Crippen molar-refractivity contribution in [3.8, 4) is 5.75 Å². The number of hydrogen-bond acceptors (Lipinski definition) is 3. The van der Waals surface area contributed by atoms with E-state index in [1.165, 1.54) is 0 Å². The molecule has 0 heterocycles. The maximum absolute atomic E-state index is 11.7. The number of amides is 1. The van der Waals surface area contributed by atoms with Gasteiger partial charge in [-0.2, -0.15) is 0 Å². The van der Waals surface area contributed by atoms with Gasteiger partial charge in [0.1, 0.15) is 12.4 Å². The highest BCUT2D eigenvalue weighted by Gasteiger charge is 2.11. The lowest BCUT2D eigenvalue weighted by Crippen LogP contribution is -2.24. The number of unbranched alkanes of at least 4 members (excludes halogenated alkanes) is 2. The first-order chi connectivity index (χ1) is 11.0. The Balaban J connectivity index is 2.28. The fourth-order valence-corrected chi connectivity index (χ4v) is 1.99. The Morgan fingerprint density at radius 2 is 1.91 bits per heavy atom. The molecular weight excluding hydrogens is 294 g/mol. The van der Waals surface area contributed by atoms with Crippen molar-refractivity contribution in [1.82, 2.24) is 5.32 Å². The van der Waals surface area contributed by atoms with Crippen LogP contribution in [0.4, 0.5) is 0 Å². The monoisotopic (exact) mass is 321 g/mol. The number of nitrogens with one attached hydrogen (secondary N) is 1. The summed E-state index contributed by atoms with van der Waals surface area (Å²) in [5.41, 5.74) is 1.06. The first-order valence-corrected chi connectivity index (χ1v) is 8.24. The van der Waals surface area contributed by atoms with E-state index in [4.69, 9.17) is 9.84 Å². The molecule has 5 heteroatoms. The molecule has 1 unspecified atom stereocenters. The van der Waals surface area contributed by atoms with Gasteiger partial charge in [-0.25, -0.2) is 0 Å². The molecule has 23 heavy (non-hydrogen) atoms. The van der Waals surface area contributed by atoms with Crippen LogP contribution in [-0.2, 0) is 16.0 Å². The van der Waals surface area contributed by atoms with E-state index in [-0.39, 0.29) is 12.5 Å². The molecule has 1 aromatic rings. The van der Waals surface area contributed by atoms with Crippen LogP contribution in [0.1, 0.15) is 45.1 Å². The van der Waals surface area contributed by atoms with Crippen molar-refractivity contribution in [2.45, 2.75) is 46.0 Å². The topological polar surface area (TPSA) is 75.6 Å². The molecular formula is C18H27NO4. The molecule has 0 aliphatic rings. The summed E-state index contributed by atoms with van der Waals surface area (Å²) in [4.78, 5) is 22.4. The van der Waals surface area contributed by atoms with Crippen molar-refractivity contribution in [3.63, 3.8) is 0 Å². The molecule has 128 valence electrons. The molecule has 0 aliphatic carbocycles. The van der Waals surface area contributed by atoms with Gasteiger partial charge in [0.05, 0.1) is 5.92 Å². The quantitative estimate of drug-likeness (QED) is 0.614. The molecule has 0 saturated heterocycles. The van der Waals surface area contributed by atoms with Gasteiger partial charge in [-0.15, -0.1) is 0 Å². The molecule has 0 saturated carbocycles. The average molecular weight is 321 g/mol. The second-order valence-electron chi connectivity index (χ2n) is 5.75. The van der Waals surface area contributed by atoms with Gasteiger partial charge < -0.3 is 15.2 Å². The zero-order valence-electron chi connectivity index (χ0n) is 14.0. The minimum Gasteiger partial charge on any atom is -0.493 e. The lowest BCUT2D eigenvalue weighted by molar-refractivity contribution is -0.142. The standard InChI is InChI=1S/C18H27NO4/c1-3-4-5-12-19-17(20)11-8-15-6-9-16(10-7-15)23-13-14(2)18(21)22/h6-7,9-10,14H,3-5,8,11-13H2,1-2H3,(H,19,20)(H,21,22). The average Bonchev–Trinajstić information content (AvgIpc) is 2.55. The van der Waals surface area contributed by atoms with Gasteiger partial charge in [-0.1, -0.05) is 31.9 Å². The van der Waals surface area contributed by atoms with Crippen LogP contribution in [0.25, 0.3) is 0 Å². The summed E-state index contributed by atoms with van der Waals surface area (Å²) in [6, 6.07) is 7.43. The number of ether oxygens (including phenoxy) is 1. The van der Waals surface area contributed by atoms with Crippen molar-refractivity contribution in [3.05, 3.63) is 29.8 Å². The van der Waals surface area contributed by atoms with Crippen LogP contribution in [-0.4, -0.2) is 30.1 Å². The maximum atomic E-state index is 11.7. The highest BCUT2D eigenvalue weighted by Crippen LogP contribution is 2.14. The third-order valence-electron chi connectivity index (χ3n) is 3.59. The summed E-state index contributed by atoms with van der Waals surface area (Å²) < 4.78 is 5.43. The molecule has 5 nitrogen and oxygen atoms in total. The molecule has 2 N–H and O–H groups in total. The highest BCUT2D eigenvalue weighted by molar-refractivity contribution is 5.76. The number of aliphatic carboxylic acids is 1. The smallest absolute Gasteiger partial charge is 0.309 e. The van der Waals surface area contributed by atoms with Crippen molar-refractivity contribution >= 4 is 11.9 Å². The molecule has 1 atom stereocenters. The van der Waals surface area contributed by atoms with E-state index >= 15 is 0 Å². The largest absolute Gasteiger partial charge is 0.493 e. The first-order valence-electron chi connectivity index (χ1n) is 8.24. The summed E-state index contributed by atoms with van der Waals surface area (Å²) in [6.07, 6.45) is 4.48. The van der Waals surface area contributed by atoms with Crippen molar-refractivity contribution in [1.29, 1.82) is 0 Å². The molecule has 0 aromatic heterocycles. The number of carbonyl (C=O) groups excluding carboxylic acids is 1. The predicted octanol–water partition coefficient (Wildman–Crippen LogP) is 3.03. The van der Waals surface area contributed by atoms with Crippen LogP contribution in [0.5, 0.6) is 5.75 Å². The van der Waals surface area contributed by atoms with Gasteiger partial charge in [0.15, 0.2) is 0 Å². The third-order valence-corrected chi connectivity index (χ3v) is 3.59. The zero-order chi connectivity index (χ0) is 17.1. The Morgan fingerprint density at radius 1 is 1.22 bits per heavy atom. The number of carboxylic acids is 1. The fraction of sp³-hybridized carbons (Fsp3) is 0.556. The van der Waals surface area contributed by atoms with Crippen molar-refractivity contribution in [2.24, 2.45) is 5.92 Å². The molecule has 0 fully saturated rings. The number of carboxylic acid groups (broad SMARTS) is 1. The highest BCUT2D eigenvalue weighted by atomic mass is 16.5. The third kappa shape index (κ3) is 8.24. The predicted molar refractivity (Wildman–Crippen MR) is 89.6 cm³/mol. The van der Waals surface area contributed by atoms with Crippen LogP contribution in [0.15, 0.2) is 24.3 Å². The lowest BCUT2D eigenvalue weighted by atomic mass is 10.1. The molecule has 1 amide bonds. The summed E-state index contributed by atoms with van der Waals surface area (Å²) in [6.45, 7) is 4.64. The Kier molecular flexibility index (Phi) is 8.80. The normalized spacial score (nSPS) is 11.7. The second kappa shape index (κ2) is 10.6. The van der Waals surface area contributed by atoms with Crippen LogP contribution < -0.4 is 10.1 Å². The Morgan fingerprint density at radius 3 is 2.52 bits per heavy atom. The molecule has 1 rings (SSSR count). The number of benzene rings is 1. The minimum atomic E-state index is -0.869. The van der Waals surface area contributed by atoms with E-state index in [0.29, 0.717) is 18.6 Å². The molecule has 0 radical (unpaired) electrons. The first kappa shape index (κ1) is 19.0. The molecule has 0 aliphatic heterocycles. The minimum absolute atomic E-state index is 0.0803. The van der Waals surface area contributed by atoms with Crippen LogP contribution >= 0.6 is 0 Å². The Labute approximate surface area is 138 Å². The van der Waals surface area contributed by atoms with Gasteiger partial charge in [0.25, 0.3) is 0 Å². The summed E-state index contributed by atoms with van der Waals surface area (Å²) in [5.74, 6) is -0.680. The van der Waals surface area contributed by atoms with Gasteiger partial charge in [-0.3, -0.25) is 9.59 Å². The molecule has 0 spiro atoms. The van der Waals surface area contributed by atoms with Gasteiger partial charge in [0.2, 0.25) is 5.91 Å². The lowest BCUT2D eigenvalue weighted by Gasteiger charge is -2.10. The van der Waals surface area contributed by atoms with E-state index in [1.807, 2.05) is 24.3 Å². The van der Waals surface area contributed by atoms with Gasteiger partial charge >= 0.3 is 5.97 Å². The van der Waals surface area contributed by atoms with E-state index in [9.17, 15) is 9.59 Å². The molecule has 1 aromatic carbocycles. The number of aryl methyl sites for hydroxylation is 1. The van der Waals surface area contributed by atoms with E-state index < -0.39 is 11.9 Å². The van der Waals surface area contributed by atoms with Crippen molar-refractivity contribution in [2.75, 3.05) is 13.2 Å². The Bertz CT molecular complexity index is 484. The Hall–Kier alpha value is -2.04. The van der Waals surface area contributed by atoms with E-state index in [2.05, 4.69) is 12.2 Å². The number of rotatable bonds is 11. The van der Waals surface area contributed by atoms with Crippen LogP contribution in [0.3, 0.4) is 0 Å². The molecule has 0 bridgehead atoms. The van der Waals surface area contributed by atoms with Gasteiger partial charge in [-0.05, 0) is 37.5 Å². The van der Waals surface area contributed by atoms with E-state index in [0.717, 1.165) is 31.4 Å². The summed E-state index contributed by atoms with van der Waals surface area (Å²) in [7, 11) is 0. The second-order valence-corrected chi connectivity index (χ2v) is 5.75. The summed E-state index contributed by atoms with van der Waals surface area (Å²) in [5, 5.41) is 11.7. The zero-order valence-corrected chi connectivity index (χ0v) is 14.0. The van der Waals surface area contributed by atoms with Crippen LogP contribution in [0.2, 0.25) is 0 Å². The SMILES string of the molecule is CCCCCNC(=O)CCc1ccc(OCC(C)C(=O)O)cc1. The summed E-state index contributed by atoms with van der Waals surface area (Å²) >= 11 is 0. The van der Waals surface area contributed by atoms with E-state index in [1.54, 1.807) is 6.92 Å². The number of hydrogen-bond donors (Lipinski definition) is 2.